The predicted octanol–water partition coefficient (Wildman–Crippen LogP) is 1.57. The minimum atomic E-state index is -0.00427. The third-order valence-electron chi connectivity index (χ3n) is 1.99. The van der Waals surface area contributed by atoms with Crippen LogP contribution in [-0.2, 0) is 11.2 Å². The molecule has 3 nitrogen and oxygen atoms in total. The van der Waals surface area contributed by atoms with Crippen molar-refractivity contribution in [2.24, 2.45) is 0 Å². The zero-order chi connectivity index (χ0) is 10.4. The minimum absolute atomic E-state index is 0.00427. The molecule has 0 unspecified atom stereocenters. The van der Waals surface area contributed by atoms with Crippen molar-refractivity contribution in [2.75, 3.05) is 11.9 Å². The summed E-state index contributed by atoms with van der Waals surface area (Å²) in [7, 11) is 0. The van der Waals surface area contributed by atoms with Gasteiger partial charge in [-0.2, -0.15) is 0 Å². The number of aliphatic hydroxyl groups excluding tert-OH is 1. The molecule has 3 heteroatoms. The van der Waals surface area contributed by atoms with E-state index in [1.54, 1.807) is 0 Å². The fourth-order valence-electron chi connectivity index (χ4n) is 1.22. The molecule has 0 spiro atoms. The van der Waals surface area contributed by atoms with Gasteiger partial charge in [-0.25, -0.2) is 0 Å². The molecule has 2 N–H and O–H groups in total. The second-order valence-electron chi connectivity index (χ2n) is 3.03. The van der Waals surface area contributed by atoms with Crippen molar-refractivity contribution in [3.05, 3.63) is 29.8 Å². The monoisotopic (exact) mass is 193 g/mol. The van der Waals surface area contributed by atoms with E-state index < -0.39 is 0 Å². The summed E-state index contributed by atoms with van der Waals surface area (Å²) >= 11 is 0. The van der Waals surface area contributed by atoms with Gasteiger partial charge in [0.15, 0.2) is 0 Å². The first-order valence-corrected chi connectivity index (χ1v) is 4.76. The van der Waals surface area contributed by atoms with E-state index in [0.717, 1.165) is 11.3 Å². The highest BCUT2D eigenvalue weighted by Crippen LogP contribution is 2.15. The molecule has 1 amide bonds. The van der Waals surface area contributed by atoms with Crippen LogP contribution in [0.5, 0.6) is 0 Å². The molecular weight excluding hydrogens is 178 g/mol. The van der Waals surface area contributed by atoms with Crippen molar-refractivity contribution in [1.29, 1.82) is 0 Å². The summed E-state index contributed by atoms with van der Waals surface area (Å²) in [5, 5.41) is 11.6. The predicted molar refractivity (Wildman–Crippen MR) is 56.2 cm³/mol. The van der Waals surface area contributed by atoms with Crippen LogP contribution >= 0.6 is 0 Å². The first-order valence-electron chi connectivity index (χ1n) is 4.76. The van der Waals surface area contributed by atoms with Gasteiger partial charge in [0.1, 0.15) is 0 Å². The summed E-state index contributed by atoms with van der Waals surface area (Å²) in [6.45, 7) is 1.91. The SMILES string of the molecule is CCC(=O)Nc1ccccc1CCO. The van der Waals surface area contributed by atoms with E-state index in [9.17, 15) is 4.79 Å². The van der Waals surface area contributed by atoms with E-state index in [1.165, 1.54) is 0 Å². The number of hydrogen-bond donors (Lipinski definition) is 2. The Morgan fingerprint density at radius 1 is 1.43 bits per heavy atom. The molecule has 1 aromatic carbocycles. The van der Waals surface area contributed by atoms with Gasteiger partial charge in [0.25, 0.3) is 0 Å². The van der Waals surface area contributed by atoms with Crippen LogP contribution in [0.4, 0.5) is 5.69 Å². The van der Waals surface area contributed by atoms with Gasteiger partial charge in [0, 0.05) is 18.7 Å². The number of carbonyl (C=O) groups excluding carboxylic acids is 1. The van der Waals surface area contributed by atoms with E-state index in [0.29, 0.717) is 12.8 Å². The van der Waals surface area contributed by atoms with Crippen LogP contribution in [0.15, 0.2) is 24.3 Å². The molecule has 76 valence electrons. The number of para-hydroxylation sites is 1. The van der Waals surface area contributed by atoms with Crippen LogP contribution in [0.25, 0.3) is 0 Å². The third-order valence-corrected chi connectivity index (χ3v) is 1.99. The summed E-state index contributed by atoms with van der Waals surface area (Å²) in [5.41, 5.74) is 1.77. The summed E-state index contributed by atoms with van der Waals surface area (Å²) in [5.74, 6) is -0.00427. The van der Waals surface area contributed by atoms with Crippen LogP contribution < -0.4 is 5.32 Å². The lowest BCUT2D eigenvalue weighted by atomic mass is 10.1. The summed E-state index contributed by atoms with van der Waals surface area (Å²) in [4.78, 5) is 11.2. The first-order chi connectivity index (χ1) is 6.77. The number of anilines is 1. The van der Waals surface area contributed by atoms with Gasteiger partial charge in [-0.15, -0.1) is 0 Å². The van der Waals surface area contributed by atoms with Gasteiger partial charge in [-0.1, -0.05) is 25.1 Å². The lowest BCUT2D eigenvalue weighted by Crippen LogP contribution is -2.11. The molecule has 0 saturated heterocycles. The Hall–Kier alpha value is -1.35. The minimum Gasteiger partial charge on any atom is -0.396 e. The Kier molecular flexibility index (Phi) is 4.13. The van der Waals surface area contributed by atoms with Gasteiger partial charge >= 0.3 is 0 Å². The van der Waals surface area contributed by atoms with E-state index in [2.05, 4.69) is 5.32 Å². The fraction of sp³-hybridized carbons (Fsp3) is 0.364. The lowest BCUT2D eigenvalue weighted by Gasteiger charge is -2.08. The van der Waals surface area contributed by atoms with Crippen molar-refractivity contribution in [3.8, 4) is 0 Å². The molecule has 0 saturated carbocycles. The topological polar surface area (TPSA) is 49.3 Å². The van der Waals surface area contributed by atoms with Gasteiger partial charge in [-0.05, 0) is 18.1 Å². The number of rotatable bonds is 4. The number of amides is 1. The van der Waals surface area contributed by atoms with E-state index in [-0.39, 0.29) is 12.5 Å². The summed E-state index contributed by atoms with van der Waals surface area (Å²) in [6.07, 6.45) is 1.04. The van der Waals surface area contributed by atoms with Crippen molar-refractivity contribution in [1.82, 2.24) is 0 Å². The Balaban J connectivity index is 2.78. The maximum atomic E-state index is 11.2. The fourth-order valence-corrected chi connectivity index (χ4v) is 1.22. The Morgan fingerprint density at radius 2 is 2.14 bits per heavy atom. The molecule has 0 atom stereocenters. The number of carbonyl (C=O) groups is 1. The molecule has 0 aliphatic heterocycles. The third kappa shape index (κ3) is 2.85. The Bertz CT molecular complexity index is 310. The summed E-state index contributed by atoms with van der Waals surface area (Å²) < 4.78 is 0. The van der Waals surface area contributed by atoms with Crippen molar-refractivity contribution in [3.63, 3.8) is 0 Å². The Morgan fingerprint density at radius 3 is 2.79 bits per heavy atom. The number of aliphatic hydroxyl groups is 1. The average Bonchev–Trinajstić information content (AvgIpc) is 2.21. The molecule has 0 radical (unpaired) electrons. The van der Waals surface area contributed by atoms with Gasteiger partial charge in [0.05, 0.1) is 0 Å². The second kappa shape index (κ2) is 5.40. The maximum Gasteiger partial charge on any atom is 0.224 e. The van der Waals surface area contributed by atoms with E-state index in [4.69, 9.17) is 5.11 Å². The van der Waals surface area contributed by atoms with Crippen LogP contribution in [0.1, 0.15) is 18.9 Å². The molecular formula is C11H15NO2. The standard InChI is InChI=1S/C11H15NO2/c1-2-11(14)12-10-6-4-3-5-9(10)7-8-13/h3-6,13H,2,7-8H2,1H3,(H,12,14). The lowest BCUT2D eigenvalue weighted by molar-refractivity contribution is -0.115. The Labute approximate surface area is 83.8 Å². The number of hydrogen-bond acceptors (Lipinski definition) is 2. The normalized spacial score (nSPS) is 9.86. The van der Waals surface area contributed by atoms with Crippen LogP contribution in [-0.4, -0.2) is 17.6 Å². The molecule has 0 aliphatic carbocycles. The zero-order valence-electron chi connectivity index (χ0n) is 8.29. The summed E-state index contributed by atoms with van der Waals surface area (Å²) in [6, 6.07) is 7.51. The zero-order valence-corrected chi connectivity index (χ0v) is 8.29. The molecule has 14 heavy (non-hydrogen) atoms. The molecule has 0 heterocycles. The molecule has 0 aromatic heterocycles. The second-order valence-corrected chi connectivity index (χ2v) is 3.03. The number of nitrogens with one attached hydrogen (secondary N) is 1. The highest BCUT2D eigenvalue weighted by atomic mass is 16.3. The van der Waals surface area contributed by atoms with E-state index >= 15 is 0 Å². The van der Waals surface area contributed by atoms with Crippen molar-refractivity contribution >= 4 is 11.6 Å². The first kappa shape index (κ1) is 10.7. The highest BCUT2D eigenvalue weighted by Gasteiger charge is 2.03. The van der Waals surface area contributed by atoms with Crippen LogP contribution in [0.2, 0.25) is 0 Å². The molecule has 1 rings (SSSR count). The van der Waals surface area contributed by atoms with Crippen LogP contribution in [0, 0.1) is 0 Å². The largest absolute Gasteiger partial charge is 0.396 e. The molecule has 1 aromatic rings. The van der Waals surface area contributed by atoms with Gasteiger partial charge in [0.2, 0.25) is 5.91 Å². The van der Waals surface area contributed by atoms with E-state index in [1.807, 2.05) is 31.2 Å². The smallest absolute Gasteiger partial charge is 0.224 e. The van der Waals surface area contributed by atoms with Gasteiger partial charge in [-0.3, -0.25) is 4.79 Å². The van der Waals surface area contributed by atoms with Crippen LogP contribution in [0.3, 0.4) is 0 Å². The van der Waals surface area contributed by atoms with Crippen molar-refractivity contribution in [2.45, 2.75) is 19.8 Å². The van der Waals surface area contributed by atoms with Crippen molar-refractivity contribution < 1.29 is 9.90 Å². The molecule has 0 bridgehead atoms. The highest BCUT2D eigenvalue weighted by molar-refractivity contribution is 5.91. The average molecular weight is 193 g/mol. The maximum absolute atomic E-state index is 11.2. The molecule has 0 aliphatic rings. The molecule has 0 fully saturated rings. The quantitative estimate of drug-likeness (QED) is 0.762. The number of benzene rings is 1. The van der Waals surface area contributed by atoms with Gasteiger partial charge < -0.3 is 10.4 Å².